The van der Waals surface area contributed by atoms with Crippen LogP contribution in [0.2, 0.25) is 0 Å². The Labute approximate surface area is 66.3 Å². The van der Waals surface area contributed by atoms with Crippen molar-refractivity contribution in [2.24, 2.45) is 11.8 Å². The highest BCUT2D eigenvalue weighted by Crippen LogP contribution is 2.22. The molecule has 11 heavy (non-hydrogen) atoms. The SMILES string of the molecule is CC(=O)[C@H]1C(=O)C=CC[C@@H]1C. The van der Waals surface area contributed by atoms with Crippen molar-refractivity contribution in [2.75, 3.05) is 0 Å². The first-order chi connectivity index (χ1) is 5.13. The highest BCUT2D eigenvalue weighted by atomic mass is 16.1. The molecule has 0 aromatic rings. The van der Waals surface area contributed by atoms with Crippen LogP contribution in [-0.4, -0.2) is 11.6 Å². The molecule has 2 heteroatoms. The van der Waals surface area contributed by atoms with Gasteiger partial charge in [-0.3, -0.25) is 9.59 Å². The number of hydrogen-bond donors (Lipinski definition) is 0. The maximum Gasteiger partial charge on any atom is 0.166 e. The highest BCUT2D eigenvalue weighted by molar-refractivity contribution is 6.07. The Morgan fingerprint density at radius 3 is 2.64 bits per heavy atom. The first-order valence-corrected chi connectivity index (χ1v) is 3.83. The van der Waals surface area contributed by atoms with E-state index in [4.69, 9.17) is 0 Å². The number of allylic oxidation sites excluding steroid dienone is 2. The summed E-state index contributed by atoms with van der Waals surface area (Å²) in [5.41, 5.74) is 0. The van der Waals surface area contributed by atoms with Crippen molar-refractivity contribution in [2.45, 2.75) is 20.3 Å². The van der Waals surface area contributed by atoms with Gasteiger partial charge in [-0.1, -0.05) is 13.0 Å². The van der Waals surface area contributed by atoms with Gasteiger partial charge in [0.15, 0.2) is 5.78 Å². The molecule has 0 unspecified atom stereocenters. The molecule has 1 aliphatic carbocycles. The minimum absolute atomic E-state index is 0.00755. The summed E-state index contributed by atoms with van der Waals surface area (Å²) >= 11 is 0. The lowest BCUT2D eigenvalue weighted by Gasteiger charge is -2.20. The molecule has 0 saturated heterocycles. The van der Waals surface area contributed by atoms with Gasteiger partial charge in [0.2, 0.25) is 0 Å². The smallest absolute Gasteiger partial charge is 0.166 e. The van der Waals surface area contributed by atoms with Crippen LogP contribution < -0.4 is 0 Å². The first-order valence-electron chi connectivity index (χ1n) is 3.83. The van der Waals surface area contributed by atoms with Crippen molar-refractivity contribution in [1.29, 1.82) is 0 Å². The summed E-state index contributed by atoms with van der Waals surface area (Å²) < 4.78 is 0. The summed E-state index contributed by atoms with van der Waals surface area (Å²) in [6.07, 6.45) is 4.20. The zero-order chi connectivity index (χ0) is 8.43. The van der Waals surface area contributed by atoms with Crippen molar-refractivity contribution in [3.05, 3.63) is 12.2 Å². The van der Waals surface area contributed by atoms with E-state index in [0.717, 1.165) is 6.42 Å². The van der Waals surface area contributed by atoms with E-state index in [1.54, 1.807) is 0 Å². The highest BCUT2D eigenvalue weighted by Gasteiger charge is 2.29. The molecule has 0 fully saturated rings. The lowest BCUT2D eigenvalue weighted by Crippen LogP contribution is -2.29. The number of rotatable bonds is 1. The summed E-state index contributed by atoms with van der Waals surface area (Å²) in [6, 6.07) is 0. The van der Waals surface area contributed by atoms with Crippen molar-refractivity contribution in [3.8, 4) is 0 Å². The van der Waals surface area contributed by atoms with Crippen molar-refractivity contribution in [3.63, 3.8) is 0 Å². The third-order valence-corrected chi connectivity index (χ3v) is 2.10. The van der Waals surface area contributed by atoms with E-state index in [9.17, 15) is 9.59 Å². The fraction of sp³-hybridized carbons (Fsp3) is 0.556. The molecule has 1 rings (SSSR count). The van der Waals surface area contributed by atoms with E-state index >= 15 is 0 Å². The van der Waals surface area contributed by atoms with Gasteiger partial charge in [-0.15, -0.1) is 0 Å². The Kier molecular flexibility index (Phi) is 2.22. The Hall–Kier alpha value is -0.920. The maximum absolute atomic E-state index is 11.1. The van der Waals surface area contributed by atoms with Gasteiger partial charge in [-0.05, 0) is 25.3 Å². The van der Waals surface area contributed by atoms with Gasteiger partial charge < -0.3 is 0 Å². The number of Topliss-reactive ketones (excluding diaryl/α,β-unsaturated/α-hetero) is 1. The molecule has 0 saturated carbocycles. The molecule has 0 spiro atoms. The molecule has 0 bridgehead atoms. The summed E-state index contributed by atoms with van der Waals surface area (Å²) in [4.78, 5) is 22.1. The Bertz CT molecular complexity index is 216. The van der Waals surface area contributed by atoms with Gasteiger partial charge in [0, 0.05) is 0 Å². The van der Waals surface area contributed by atoms with Gasteiger partial charge in [-0.2, -0.15) is 0 Å². The quantitative estimate of drug-likeness (QED) is 0.531. The van der Waals surface area contributed by atoms with Gasteiger partial charge in [0.05, 0.1) is 5.92 Å². The fourth-order valence-electron chi connectivity index (χ4n) is 1.52. The molecule has 0 aromatic carbocycles. The number of ketones is 2. The standard InChI is InChI=1S/C9H12O2/c1-6-4-3-5-8(11)9(6)7(2)10/h3,5-6,9H,4H2,1-2H3/t6-,9-/m0/s1. The second-order valence-corrected chi connectivity index (χ2v) is 3.11. The van der Waals surface area contributed by atoms with Gasteiger partial charge in [-0.25, -0.2) is 0 Å². The van der Waals surface area contributed by atoms with Gasteiger partial charge in [0.1, 0.15) is 5.78 Å². The van der Waals surface area contributed by atoms with Crippen LogP contribution in [0, 0.1) is 11.8 Å². The van der Waals surface area contributed by atoms with Crippen LogP contribution in [0.15, 0.2) is 12.2 Å². The van der Waals surface area contributed by atoms with Crippen LogP contribution >= 0.6 is 0 Å². The summed E-state index contributed by atoms with van der Waals surface area (Å²) in [6.45, 7) is 3.42. The van der Waals surface area contributed by atoms with Crippen molar-refractivity contribution in [1.82, 2.24) is 0 Å². The van der Waals surface area contributed by atoms with E-state index in [1.165, 1.54) is 13.0 Å². The number of carbonyl (C=O) groups excluding carboxylic acids is 2. The third-order valence-electron chi connectivity index (χ3n) is 2.10. The average Bonchev–Trinajstić information content (AvgIpc) is 1.85. The van der Waals surface area contributed by atoms with Crippen molar-refractivity contribution < 1.29 is 9.59 Å². The monoisotopic (exact) mass is 152 g/mol. The molecule has 2 nitrogen and oxygen atoms in total. The number of carbonyl (C=O) groups is 2. The Morgan fingerprint density at radius 1 is 1.64 bits per heavy atom. The molecule has 60 valence electrons. The van der Waals surface area contributed by atoms with E-state index in [1.807, 2.05) is 13.0 Å². The molecule has 0 heterocycles. The average molecular weight is 152 g/mol. The summed E-state index contributed by atoms with van der Waals surface area (Å²) in [5.74, 6) is -0.229. The topological polar surface area (TPSA) is 34.1 Å². The first kappa shape index (κ1) is 8.18. The molecular formula is C9H12O2. The molecule has 0 aromatic heterocycles. The van der Waals surface area contributed by atoms with Gasteiger partial charge in [0.25, 0.3) is 0 Å². The minimum atomic E-state index is -0.375. The number of hydrogen-bond acceptors (Lipinski definition) is 2. The second-order valence-electron chi connectivity index (χ2n) is 3.11. The minimum Gasteiger partial charge on any atom is -0.299 e. The van der Waals surface area contributed by atoms with E-state index in [0.29, 0.717) is 0 Å². The lowest BCUT2D eigenvalue weighted by molar-refractivity contribution is -0.131. The Morgan fingerprint density at radius 2 is 2.27 bits per heavy atom. The van der Waals surface area contributed by atoms with Crippen LogP contribution in [0.25, 0.3) is 0 Å². The molecule has 1 aliphatic rings. The van der Waals surface area contributed by atoms with E-state index in [-0.39, 0.29) is 23.4 Å². The third kappa shape index (κ3) is 1.56. The predicted octanol–water partition coefficient (Wildman–Crippen LogP) is 1.36. The predicted molar refractivity (Wildman–Crippen MR) is 42.1 cm³/mol. The Balaban J connectivity index is 2.83. The molecule has 2 atom stereocenters. The molecule has 0 radical (unpaired) electrons. The fourth-order valence-corrected chi connectivity index (χ4v) is 1.52. The summed E-state index contributed by atoms with van der Waals surface area (Å²) in [7, 11) is 0. The van der Waals surface area contributed by atoms with Crippen LogP contribution in [0.5, 0.6) is 0 Å². The molecule has 0 aliphatic heterocycles. The van der Waals surface area contributed by atoms with Crippen LogP contribution in [0.3, 0.4) is 0 Å². The lowest BCUT2D eigenvalue weighted by atomic mass is 9.81. The largest absolute Gasteiger partial charge is 0.299 e. The zero-order valence-electron chi connectivity index (χ0n) is 6.83. The molecule has 0 amide bonds. The van der Waals surface area contributed by atoms with Gasteiger partial charge >= 0.3 is 0 Å². The van der Waals surface area contributed by atoms with Crippen LogP contribution in [0.1, 0.15) is 20.3 Å². The second kappa shape index (κ2) is 2.99. The van der Waals surface area contributed by atoms with Crippen LogP contribution in [-0.2, 0) is 9.59 Å². The van der Waals surface area contributed by atoms with Crippen LogP contribution in [0.4, 0.5) is 0 Å². The van der Waals surface area contributed by atoms with E-state index in [2.05, 4.69) is 0 Å². The van der Waals surface area contributed by atoms with E-state index < -0.39 is 0 Å². The summed E-state index contributed by atoms with van der Waals surface area (Å²) in [5, 5.41) is 0. The normalized spacial score (nSPS) is 30.5. The maximum atomic E-state index is 11.1. The molecular weight excluding hydrogens is 140 g/mol. The molecule has 0 N–H and O–H groups in total. The van der Waals surface area contributed by atoms with Crippen molar-refractivity contribution >= 4 is 11.6 Å². The zero-order valence-corrected chi connectivity index (χ0v) is 6.83.